The van der Waals surface area contributed by atoms with E-state index in [1.807, 2.05) is 42.1 Å². The van der Waals surface area contributed by atoms with Crippen LogP contribution in [0.3, 0.4) is 0 Å². The van der Waals surface area contributed by atoms with Crippen LogP contribution in [0.1, 0.15) is 5.82 Å². The van der Waals surface area contributed by atoms with E-state index >= 15 is 0 Å². The Morgan fingerprint density at radius 1 is 1.53 bits per heavy atom. The van der Waals surface area contributed by atoms with Crippen LogP contribution in [-0.2, 0) is 18.3 Å². The van der Waals surface area contributed by atoms with Crippen LogP contribution in [0.15, 0.2) is 41.6 Å². The van der Waals surface area contributed by atoms with Gasteiger partial charge in [-0.1, -0.05) is 12.1 Å². The van der Waals surface area contributed by atoms with Gasteiger partial charge in [-0.15, -0.1) is 11.8 Å². The van der Waals surface area contributed by atoms with E-state index in [4.69, 9.17) is 4.74 Å². The molecule has 0 radical (unpaired) electrons. The number of fused-ring (bicyclic) bond motifs is 1. The second-order valence-electron chi connectivity index (χ2n) is 4.46. The summed E-state index contributed by atoms with van der Waals surface area (Å²) in [7, 11) is 1.89. The van der Waals surface area contributed by atoms with Crippen LogP contribution in [0.25, 0.3) is 0 Å². The van der Waals surface area contributed by atoms with E-state index in [9.17, 15) is 4.79 Å². The first-order chi connectivity index (χ1) is 9.24. The highest BCUT2D eigenvalue weighted by Gasteiger charge is 2.27. The summed E-state index contributed by atoms with van der Waals surface area (Å²) in [5.41, 5.74) is 0. The standard InChI is InChI=1S/C14H14N2O2S/c1-16-7-6-15-14(16)8-10(17)12-9-19-13-5-3-2-4-11(13)18-12/h2-7,12H,8-9H2,1H3. The second-order valence-corrected chi connectivity index (χ2v) is 5.52. The van der Waals surface area contributed by atoms with Gasteiger partial charge in [-0.05, 0) is 12.1 Å². The molecule has 0 bridgehead atoms. The van der Waals surface area contributed by atoms with E-state index in [1.165, 1.54) is 0 Å². The minimum Gasteiger partial charge on any atom is -0.481 e. The van der Waals surface area contributed by atoms with Gasteiger partial charge in [0, 0.05) is 30.1 Å². The molecule has 0 saturated carbocycles. The molecule has 98 valence electrons. The number of aromatic nitrogens is 2. The molecule has 0 saturated heterocycles. The zero-order chi connectivity index (χ0) is 13.2. The number of imidazole rings is 1. The van der Waals surface area contributed by atoms with Crippen molar-refractivity contribution in [2.24, 2.45) is 7.05 Å². The Labute approximate surface area is 115 Å². The molecule has 5 heteroatoms. The maximum absolute atomic E-state index is 12.2. The summed E-state index contributed by atoms with van der Waals surface area (Å²) in [6.07, 6.45) is 3.48. The molecule has 2 heterocycles. The molecule has 1 unspecified atom stereocenters. The Morgan fingerprint density at radius 3 is 3.16 bits per heavy atom. The Kier molecular flexibility index (Phi) is 3.29. The van der Waals surface area contributed by atoms with Crippen molar-refractivity contribution >= 4 is 17.5 Å². The average molecular weight is 274 g/mol. The molecule has 0 N–H and O–H groups in total. The zero-order valence-electron chi connectivity index (χ0n) is 10.6. The number of aryl methyl sites for hydroxylation is 1. The number of carbonyl (C=O) groups is 1. The summed E-state index contributed by atoms with van der Waals surface area (Å²) < 4.78 is 7.64. The van der Waals surface area contributed by atoms with Gasteiger partial charge >= 0.3 is 0 Å². The molecule has 0 amide bonds. The molecule has 4 nitrogen and oxygen atoms in total. The van der Waals surface area contributed by atoms with Crippen molar-refractivity contribution in [1.29, 1.82) is 0 Å². The van der Waals surface area contributed by atoms with Crippen LogP contribution < -0.4 is 4.74 Å². The van der Waals surface area contributed by atoms with E-state index in [2.05, 4.69) is 4.98 Å². The number of thioether (sulfide) groups is 1. The Hall–Kier alpha value is -1.75. The van der Waals surface area contributed by atoms with E-state index in [0.29, 0.717) is 12.2 Å². The number of benzene rings is 1. The van der Waals surface area contributed by atoms with E-state index in [1.54, 1.807) is 18.0 Å². The number of nitrogens with zero attached hydrogens (tertiary/aromatic N) is 2. The predicted molar refractivity (Wildman–Crippen MR) is 73.5 cm³/mol. The maximum atomic E-state index is 12.2. The quantitative estimate of drug-likeness (QED) is 0.859. The van der Waals surface area contributed by atoms with E-state index < -0.39 is 0 Å². The van der Waals surface area contributed by atoms with Crippen molar-refractivity contribution < 1.29 is 9.53 Å². The summed E-state index contributed by atoms with van der Waals surface area (Å²) in [5, 5.41) is 0. The van der Waals surface area contributed by atoms with Crippen molar-refractivity contribution in [2.45, 2.75) is 17.4 Å². The fraction of sp³-hybridized carbons (Fsp3) is 0.286. The highest BCUT2D eigenvalue weighted by molar-refractivity contribution is 7.99. The van der Waals surface area contributed by atoms with Crippen LogP contribution in [0.4, 0.5) is 0 Å². The lowest BCUT2D eigenvalue weighted by molar-refractivity contribution is -0.124. The van der Waals surface area contributed by atoms with Gasteiger partial charge in [0.15, 0.2) is 11.9 Å². The predicted octanol–water partition coefficient (Wildman–Crippen LogP) is 2.08. The topological polar surface area (TPSA) is 44.1 Å². The largest absolute Gasteiger partial charge is 0.481 e. The van der Waals surface area contributed by atoms with Crippen LogP contribution in [0, 0.1) is 0 Å². The Bertz CT molecular complexity index is 609. The van der Waals surface area contributed by atoms with Gasteiger partial charge in [-0.3, -0.25) is 4.79 Å². The number of carbonyl (C=O) groups excluding carboxylic acids is 1. The summed E-state index contributed by atoms with van der Waals surface area (Å²) in [4.78, 5) is 17.5. The fourth-order valence-corrected chi connectivity index (χ4v) is 3.03. The highest BCUT2D eigenvalue weighted by Crippen LogP contribution is 2.35. The van der Waals surface area contributed by atoms with Gasteiger partial charge < -0.3 is 9.30 Å². The van der Waals surface area contributed by atoms with Crippen molar-refractivity contribution in [1.82, 2.24) is 9.55 Å². The number of hydrogen-bond donors (Lipinski definition) is 0. The van der Waals surface area contributed by atoms with Crippen molar-refractivity contribution in [3.63, 3.8) is 0 Å². The summed E-state index contributed by atoms with van der Waals surface area (Å²) >= 11 is 1.67. The first-order valence-corrected chi connectivity index (χ1v) is 7.10. The summed E-state index contributed by atoms with van der Waals surface area (Å²) in [6, 6.07) is 7.82. The molecule has 0 spiro atoms. The number of para-hydroxylation sites is 1. The second kappa shape index (κ2) is 5.09. The first kappa shape index (κ1) is 12.3. The SMILES string of the molecule is Cn1ccnc1CC(=O)C1CSc2ccccc2O1. The number of ketones is 1. The lowest BCUT2D eigenvalue weighted by atomic mass is 10.2. The molecule has 0 aliphatic carbocycles. The number of rotatable bonds is 3. The third kappa shape index (κ3) is 2.51. The fourth-order valence-electron chi connectivity index (χ4n) is 2.01. The van der Waals surface area contributed by atoms with Crippen LogP contribution in [0.5, 0.6) is 5.75 Å². The molecule has 2 aromatic rings. The normalized spacial score (nSPS) is 17.6. The van der Waals surface area contributed by atoms with Gasteiger partial charge in [-0.2, -0.15) is 0 Å². The van der Waals surface area contributed by atoms with Gasteiger partial charge in [0.25, 0.3) is 0 Å². The molecule has 1 aliphatic heterocycles. The smallest absolute Gasteiger partial charge is 0.181 e. The third-order valence-corrected chi connectivity index (χ3v) is 4.24. The van der Waals surface area contributed by atoms with Gasteiger partial charge in [-0.25, -0.2) is 4.98 Å². The van der Waals surface area contributed by atoms with E-state index in [0.717, 1.165) is 16.5 Å². The molecule has 0 fully saturated rings. The number of Topliss-reactive ketones (excluding diaryl/α,β-unsaturated/α-hetero) is 1. The third-order valence-electron chi connectivity index (χ3n) is 3.12. The Morgan fingerprint density at radius 2 is 2.37 bits per heavy atom. The van der Waals surface area contributed by atoms with Gasteiger partial charge in [0.2, 0.25) is 0 Å². The maximum Gasteiger partial charge on any atom is 0.181 e. The molecule has 1 atom stereocenters. The van der Waals surface area contributed by atoms with Crippen LogP contribution >= 0.6 is 11.8 Å². The molecular formula is C14H14N2O2S. The van der Waals surface area contributed by atoms with Crippen LogP contribution in [0.2, 0.25) is 0 Å². The summed E-state index contributed by atoms with van der Waals surface area (Å²) in [5.74, 6) is 2.32. The minimum atomic E-state index is -0.378. The number of ether oxygens (including phenoxy) is 1. The first-order valence-electron chi connectivity index (χ1n) is 6.11. The molecule has 3 rings (SSSR count). The minimum absolute atomic E-state index is 0.0799. The van der Waals surface area contributed by atoms with Crippen molar-refractivity contribution in [3.8, 4) is 5.75 Å². The molecular weight excluding hydrogens is 260 g/mol. The summed E-state index contributed by atoms with van der Waals surface area (Å²) in [6.45, 7) is 0. The highest BCUT2D eigenvalue weighted by atomic mass is 32.2. The molecule has 19 heavy (non-hydrogen) atoms. The average Bonchev–Trinajstić information content (AvgIpc) is 2.84. The van der Waals surface area contributed by atoms with Crippen molar-refractivity contribution in [2.75, 3.05) is 5.75 Å². The van der Waals surface area contributed by atoms with Gasteiger partial charge in [0.1, 0.15) is 11.6 Å². The lowest BCUT2D eigenvalue weighted by Crippen LogP contribution is -2.33. The molecule has 1 aromatic heterocycles. The molecule has 1 aromatic carbocycles. The van der Waals surface area contributed by atoms with E-state index in [-0.39, 0.29) is 11.9 Å². The van der Waals surface area contributed by atoms with Crippen molar-refractivity contribution in [3.05, 3.63) is 42.5 Å². The number of hydrogen-bond acceptors (Lipinski definition) is 4. The monoisotopic (exact) mass is 274 g/mol. The zero-order valence-corrected chi connectivity index (χ0v) is 11.4. The lowest BCUT2D eigenvalue weighted by Gasteiger charge is -2.24. The van der Waals surface area contributed by atoms with Gasteiger partial charge in [0.05, 0.1) is 6.42 Å². The molecule has 1 aliphatic rings. The Balaban J connectivity index is 1.71. The van der Waals surface area contributed by atoms with Crippen LogP contribution in [-0.4, -0.2) is 27.2 Å².